The highest BCUT2D eigenvalue weighted by Crippen LogP contribution is 2.20. The van der Waals surface area contributed by atoms with Crippen molar-refractivity contribution in [3.8, 4) is 0 Å². The largest absolute Gasteiger partial charge is 0.300 e. The van der Waals surface area contributed by atoms with Crippen LogP contribution in [0.15, 0.2) is 46.5 Å². The number of rotatable bonds is 1. The summed E-state index contributed by atoms with van der Waals surface area (Å²) in [6.45, 7) is 3.52. The number of hydrogen-bond acceptors (Lipinski definition) is 1. The molecule has 1 rings (SSSR count). The van der Waals surface area contributed by atoms with Crippen LogP contribution in [0.3, 0.4) is 0 Å². The zero-order valence-corrected chi connectivity index (χ0v) is 7.78. The lowest BCUT2D eigenvalue weighted by Gasteiger charge is -2.06. The van der Waals surface area contributed by atoms with Gasteiger partial charge in [-0.1, -0.05) is 35.9 Å². The van der Waals surface area contributed by atoms with Crippen LogP contribution in [0, 0.1) is 5.41 Å². The van der Waals surface area contributed by atoms with Crippen molar-refractivity contribution < 1.29 is 0 Å². The fraction of sp³-hybridized carbons (Fsp3) is 0. The molecule has 0 aromatic heterocycles. The maximum Gasteiger partial charge on any atom is 0.0642 e. The molecule has 0 aromatic rings. The van der Waals surface area contributed by atoms with Crippen molar-refractivity contribution in [3.05, 3.63) is 46.5 Å². The molecule has 0 saturated carbocycles. The topological polar surface area (TPSA) is 23.9 Å². The van der Waals surface area contributed by atoms with E-state index < -0.39 is 0 Å². The molecule has 3 heteroatoms. The van der Waals surface area contributed by atoms with Crippen molar-refractivity contribution >= 4 is 28.9 Å². The zero-order valence-electron chi connectivity index (χ0n) is 6.27. The second-order valence-electron chi connectivity index (χ2n) is 2.24. The second-order valence-corrected chi connectivity index (χ2v) is 3.09. The molecule has 1 nitrogen and oxygen atoms in total. The van der Waals surface area contributed by atoms with Crippen LogP contribution in [0.1, 0.15) is 0 Å². The fourth-order valence-corrected chi connectivity index (χ4v) is 1.17. The van der Waals surface area contributed by atoms with Crippen molar-refractivity contribution in [1.29, 1.82) is 5.41 Å². The molecule has 0 bridgehead atoms. The van der Waals surface area contributed by atoms with Crippen molar-refractivity contribution in [2.24, 2.45) is 0 Å². The first-order chi connectivity index (χ1) is 5.65. The normalized spacial score (nSPS) is 20.5. The Morgan fingerprint density at radius 3 is 2.67 bits per heavy atom. The molecular weight excluding hydrogens is 193 g/mol. The maximum atomic E-state index is 7.51. The van der Waals surface area contributed by atoms with Gasteiger partial charge in [-0.2, -0.15) is 0 Å². The highest BCUT2D eigenvalue weighted by atomic mass is 35.5. The summed E-state index contributed by atoms with van der Waals surface area (Å²) in [5.41, 5.74) is 0.962. The summed E-state index contributed by atoms with van der Waals surface area (Å²) >= 11 is 11.5. The minimum absolute atomic E-state index is 0.312. The predicted octanol–water partition coefficient (Wildman–Crippen LogP) is 3.38. The summed E-state index contributed by atoms with van der Waals surface area (Å²) < 4.78 is 0. The Morgan fingerprint density at radius 1 is 1.50 bits per heavy atom. The summed E-state index contributed by atoms with van der Waals surface area (Å²) in [6.07, 6.45) is 6.45. The summed E-state index contributed by atoms with van der Waals surface area (Å²) in [5.74, 6) is 0. The van der Waals surface area contributed by atoms with Crippen molar-refractivity contribution in [2.45, 2.75) is 0 Å². The van der Waals surface area contributed by atoms with E-state index in [1.807, 2.05) is 0 Å². The molecular formula is C9H7Cl2N. The van der Waals surface area contributed by atoms with Crippen molar-refractivity contribution in [2.75, 3.05) is 0 Å². The highest BCUT2D eigenvalue weighted by Gasteiger charge is 2.08. The van der Waals surface area contributed by atoms with Gasteiger partial charge < -0.3 is 5.41 Å². The van der Waals surface area contributed by atoms with E-state index in [4.69, 9.17) is 28.6 Å². The molecule has 0 aliphatic heterocycles. The molecule has 0 heterocycles. The van der Waals surface area contributed by atoms with Gasteiger partial charge in [0.2, 0.25) is 0 Å². The molecule has 0 radical (unpaired) electrons. The quantitative estimate of drug-likeness (QED) is 0.670. The molecule has 0 fully saturated rings. The van der Waals surface area contributed by atoms with Crippen LogP contribution in [-0.4, -0.2) is 5.71 Å². The van der Waals surface area contributed by atoms with E-state index in [2.05, 4.69) is 6.58 Å². The molecule has 12 heavy (non-hydrogen) atoms. The van der Waals surface area contributed by atoms with E-state index in [9.17, 15) is 0 Å². The molecule has 1 aliphatic rings. The SMILES string of the molecule is C=C/C(Cl)=C1/C=CC(Cl)=CC1=N. The maximum absolute atomic E-state index is 7.51. The monoisotopic (exact) mass is 199 g/mol. The summed E-state index contributed by atoms with van der Waals surface area (Å²) in [7, 11) is 0. The predicted molar refractivity (Wildman–Crippen MR) is 53.9 cm³/mol. The number of nitrogens with one attached hydrogen (secondary N) is 1. The van der Waals surface area contributed by atoms with E-state index in [1.165, 1.54) is 6.08 Å². The second kappa shape index (κ2) is 3.74. The molecule has 0 unspecified atom stereocenters. The third kappa shape index (κ3) is 1.87. The molecule has 0 amide bonds. The van der Waals surface area contributed by atoms with Gasteiger partial charge in [-0.25, -0.2) is 0 Å². The third-order valence-electron chi connectivity index (χ3n) is 1.42. The van der Waals surface area contributed by atoms with Gasteiger partial charge in [0, 0.05) is 15.6 Å². The first kappa shape index (κ1) is 9.30. The third-order valence-corrected chi connectivity index (χ3v) is 2.01. The van der Waals surface area contributed by atoms with Crippen LogP contribution >= 0.6 is 23.2 Å². The summed E-state index contributed by atoms with van der Waals surface area (Å²) in [4.78, 5) is 0. The average Bonchev–Trinajstić information content (AvgIpc) is 2.03. The molecule has 0 aromatic carbocycles. The standard InChI is InChI=1S/C9H7Cl2N/c1-2-8(11)7-4-3-6(10)5-9(7)12/h2-5,12H,1H2/b8-7+,12-9?. The van der Waals surface area contributed by atoms with Crippen LogP contribution in [0.5, 0.6) is 0 Å². The van der Waals surface area contributed by atoms with Gasteiger partial charge in [-0.15, -0.1) is 0 Å². The number of allylic oxidation sites excluding steroid dienone is 7. The van der Waals surface area contributed by atoms with Crippen molar-refractivity contribution in [1.82, 2.24) is 0 Å². The summed E-state index contributed by atoms with van der Waals surface area (Å²) in [6, 6.07) is 0. The Morgan fingerprint density at radius 2 is 2.17 bits per heavy atom. The molecule has 0 spiro atoms. The van der Waals surface area contributed by atoms with E-state index in [0.29, 0.717) is 21.3 Å². The minimum Gasteiger partial charge on any atom is -0.300 e. The minimum atomic E-state index is 0.312. The van der Waals surface area contributed by atoms with E-state index in [0.717, 1.165) is 0 Å². The number of halogens is 2. The van der Waals surface area contributed by atoms with Gasteiger partial charge in [0.25, 0.3) is 0 Å². The Bertz CT molecular complexity index is 321. The van der Waals surface area contributed by atoms with Crippen LogP contribution in [0.25, 0.3) is 0 Å². The average molecular weight is 200 g/mol. The summed E-state index contributed by atoms with van der Waals surface area (Å²) in [5, 5.41) is 8.52. The molecule has 0 atom stereocenters. The Labute approximate surface area is 81.2 Å². The van der Waals surface area contributed by atoms with Gasteiger partial charge >= 0.3 is 0 Å². The van der Waals surface area contributed by atoms with Crippen LogP contribution in [0.2, 0.25) is 0 Å². The van der Waals surface area contributed by atoms with Crippen LogP contribution in [0.4, 0.5) is 0 Å². The molecule has 1 N–H and O–H groups in total. The van der Waals surface area contributed by atoms with E-state index in [-0.39, 0.29) is 0 Å². The Balaban J connectivity index is 3.09. The fourth-order valence-electron chi connectivity index (χ4n) is 0.835. The van der Waals surface area contributed by atoms with Gasteiger partial charge in [0.05, 0.1) is 5.71 Å². The Hall–Kier alpha value is -0.790. The lowest BCUT2D eigenvalue weighted by atomic mass is 10.1. The lowest BCUT2D eigenvalue weighted by Crippen LogP contribution is -2.00. The highest BCUT2D eigenvalue weighted by molar-refractivity contribution is 6.37. The number of hydrogen-bond donors (Lipinski definition) is 1. The molecule has 0 saturated heterocycles. The Kier molecular flexibility index (Phi) is 2.90. The van der Waals surface area contributed by atoms with Crippen LogP contribution < -0.4 is 0 Å². The van der Waals surface area contributed by atoms with Crippen LogP contribution in [-0.2, 0) is 0 Å². The molecule has 62 valence electrons. The first-order valence-electron chi connectivity index (χ1n) is 3.31. The van der Waals surface area contributed by atoms with E-state index >= 15 is 0 Å². The van der Waals surface area contributed by atoms with Gasteiger partial charge in [-0.05, 0) is 18.2 Å². The zero-order chi connectivity index (χ0) is 9.14. The van der Waals surface area contributed by atoms with E-state index in [1.54, 1.807) is 18.2 Å². The lowest BCUT2D eigenvalue weighted by molar-refractivity contribution is 1.48. The van der Waals surface area contributed by atoms with Gasteiger partial charge in [-0.3, -0.25) is 0 Å². The molecule has 1 aliphatic carbocycles. The van der Waals surface area contributed by atoms with Gasteiger partial charge in [0.1, 0.15) is 0 Å². The van der Waals surface area contributed by atoms with Crippen molar-refractivity contribution in [3.63, 3.8) is 0 Å². The first-order valence-corrected chi connectivity index (χ1v) is 4.07. The smallest absolute Gasteiger partial charge is 0.0642 e. The van der Waals surface area contributed by atoms with Gasteiger partial charge in [0.15, 0.2) is 0 Å².